The second-order valence-corrected chi connectivity index (χ2v) is 4.49. The molecule has 3 N–H and O–H groups in total. The van der Waals surface area contributed by atoms with Crippen molar-refractivity contribution in [2.45, 2.75) is 6.42 Å². The van der Waals surface area contributed by atoms with Crippen molar-refractivity contribution in [1.82, 2.24) is 9.97 Å². The Kier molecular flexibility index (Phi) is 2.38. The molecule has 0 bridgehead atoms. The van der Waals surface area contributed by atoms with Gasteiger partial charge in [0, 0.05) is 24.4 Å². The van der Waals surface area contributed by atoms with Gasteiger partial charge in [0.15, 0.2) is 0 Å². The largest absolute Gasteiger partial charge is 0.369 e. The van der Waals surface area contributed by atoms with Crippen LogP contribution in [-0.2, 0) is 11.2 Å². The fraction of sp³-hybridized carbons (Fsp3) is 0.154. The number of nitrogens with zero attached hydrogens (tertiary/aromatic N) is 2. The summed E-state index contributed by atoms with van der Waals surface area (Å²) in [6.07, 6.45) is 0.373. The predicted molar refractivity (Wildman–Crippen MR) is 71.8 cm³/mol. The molecule has 0 saturated heterocycles. The number of benzene rings is 1. The molecule has 2 heterocycles. The molecule has 19 heavy (non-hydrogen) atoms. The molecule has 0 saturated carbocycles. The monoisotopic (exact) mass is 256 g/mol. The van der Waals surface area contributed by atoms with E-state index < -0.39 is 0 Å². The lowest BCUT2D eigenvalue weighted by Crippen LogP contribution is -2.20. The van der Waals surface area contributed by atoms with Gasteiger partial charge in [0.05, 0.1) is 12.1 Å². The Morgan fingerprint density at radius 2 is 2.11 bits per heavy atom. The van der Waals surface area contributed by atoms with E-state index >= 15 is 0 Å². The van der Waals surface area contributed by atoms with Crippen molar-refractivity contribution in [3.05, 3.63) is 40.2 Å². The SMILES string of the molecule is CN1C(=O)Cc2cc(-c3cc(=O)[nH]c(N)n3)ccc21. The van der Waals surface area contributed by atoms with Crippen LogP contribution in [0.15, 0.2) is 29.1 Å². The number of rotatable bonds is 1. The maximum Gasteiger partial charge on any atom is 0.252 e. The molecule has 0 spiro atoms. The smallest absolute Gasteiger partial charge is 0.252 e. The zero-order valence-electron chi connectivity index (χ0n) is 10.3. The van der Waals surface area contributed by atoms with Gasteiger partial charge in [0.1, 0.15) is 0 Å². The van der Waals surface area contributed by atoms with Crippen LogP contribution < -0.4 is 16.2 Å². The van der Waals surface area contributed by atoms with Crippen molar-refractivity contribution in [1.29, 1.82) is 0 Å². The van der Waals surface area contributed by atoms with Crippen molar-refractivity contribution in [3.63, 3.8) is 0 Å². The topological polar surface area (TPSA) is 92.1 Å². The average molecular weight is 256 g/mol. The van der Waals surface area contributed by atoms with Crippen LogP contribution in [0.2, 0.25) is 0 Å². The third-order valence-corrected chi connectivity index (χ3v) is 3.21. The molecule has 1 amide bonds. The number of nitrogens with one attached hydrogen (secondary N) is 1. The summed E-state index contributed by atoms with van der Waals surface area (Å²) in [5.74, 6) is 0.140. The van der Waals surface area contributed by atoms with Gasteiger partial charge < -0.3 is 10.6 Å². The fourth-order valence-electron chi connectivity index (χ4n) is 2.25. The summed E-state index contributed by atoms with van der Waals surface area (Å²) in [5, 5.41) is 0. The molecular weight excluding hydrogens is 244 g/mol. The molecule has 6 heteroatoms. The maximum atomic E-state index is 11.6. The minimum Gasteiger partial charge on any atom is -0.369 e. The van der Waals surface area contributed by atoms with Gasteiger partial charge in [-0.2, -0.15) is 0 Å². The Morgan fingerprint density at radius 3 is 2.84 bits per heavy atom. The van der Waals surface area contributed by atoms with Crippen LogP contribution in [0.25, 0.3) is 11.3 Å². The number of amides is 1. The van der Waals surface area contributed by atoms with E-state index in [1.807, 2.05) is 18.2 Å². The second kappa shape index (κ2) is 3.94. The third kappa shape index (κ3) is 1.87. The summed E-state index contributed by atoms with van der Waals surface area (Å²) in [6, 6.07) is 6.94. The van der Waals surface area contributed by atoms with Crippen LogP contribution in [0.5, 0.6) is 0 Å². The van der Waals surface area contributed by atoms with Crippen LogP contribution in [0.4, 0.5) is 11.6 Å². The molecule has 3 rings (SSSR count). The number of aromatic amines is 1. The van der Waals surface area contributed by atoms with Gasteiger partial charge in [-0.1, -0.05) is 6.07 Å². The second-order valence-electron chi connectivity index (χ2n) is 4.49. The highest BCUT2D eigenvalue weighted by molar-refractivity contribution is 6.01. The first kappa shape index (κ1) is 11.5. The van der Waals surface area contributed by atoms with Crippen molar-refractivity contribution in [2.24, 2.45) is 0 Å². The number of likely N-dealkylation sites (N-methyl/N-ethyl adjacent to an activating group) is 1. The van der Waals surface area contributed by atoms with Crippen molar-refractivity contribution in [3.8, 4) is 11.3 Å². The number of hydrogen-bond donors (Lipinski definition) is 2. The van der Waals surface area contributed by atoms with Gasteiger partial charge >= 0.3 is 0 Å². The quantitative estimate of drug-likeness (QED) is 0.778. The Balaban J connectivity index is 2.11. The number of hydrogen-bond acceptors (Lipinski definition) is 4. The van der Waals surface area contributed by atoms with E-state index in [2.05, 4.69) is 9.97 Å². The van der Waals surface area contributed by atoms with E-state index in [1.165, 1.54) is 6.07 Å². The lowest BCUT2D eigenvalue weighted by Gasteiger charge is -2.10. The van der Waals surface area contributed by atoms with Crippen LogP contribution in [0.1, 0.15) is 5.56 Å². The van der Waals surface area contributed by atoms with Gasteiger partial charge in [-0.05, 0) is 17.7 Å². The number of nitrogen functional groups attached to an aromatic ring is 1. The predicted octanol–water partition coefficient (Wildman–Crippen LogP) is 0.538. The lowest BCUT2D eigenvalue weighted by atomic mass is 10.1. The maximum absolute atomic E-state index is 11.6. The van der Waals surface area contributed by atoms with Crippen LogP contribution in [-0.4, -0.2) is 22.9 Å². The number of carbonyl (C=O) groups excluding carboxylic acids is 1. The molecule has 2 aromatic rings. The highest BCUT2D eigenvalue weighted by atomic mass is 16.2. The summed E-state index contributed by atoms with van der Waals surface area (Å²) in [5.41, 5.74) is 8.34. The molecule has 1 aromatic carbocycles. The molecule has 0 unspecified atom stereocenters. The molecule has 1 aliphatic heterocycles. The molecule has 0 fully saturated rings. The number of carbonyl (C=O) groups is 1. The molecule has 1 aromatic heterocycles. The van der Waals surface area contributed by atoms with Crippen molar-refractivity contribution >= 4 is 17.5 Å². The molecule has 96 valence electrons. The first-order valence-electron chi connectivity index (χ1n) is 5.81. The van der Waals surface area contributed by atoms with E-state index in [-0.39, 0.29) is 17.4 Å². The zero-order valence-corrected chi connectivity index (χ0v) is 10.3. The van der Waals surface area contributed by atoms with Gasteiger partial charge in [0.25, 0.3) is 5.56 Å². The first-order valence-corrected chi connectivity index (χ1v) is 5.81. The fourth-order valence-corrected chi connectivity index (χ4v) is 2.25. The van der Waals surface area contributed by atoms with Gasteiger partial charge in [0.2, 0.25) is 11.9 Å². The summed E-state index contributed by atoms with van der Waals surface area (Å²) in [4.78, 5) is 31.1. The van der Waals surface area contributed by atoms with Gasteiger partial charge in [-0.3, -0.25) is 14.6 Å². The molecule has 6 nitrogen and oxygen atoms in total. The van der Waals surface area contributed by atoms with E-state index in [0.29, 0.717) is 12.1 Å². The average Bonchev–Trinajstić information content (AvgIpc) is 2.63. The number of nitrogens with two attached hydrogens (primary N) is 1. The molecule has 0 aliphatic carbocycles. The van der Waals surface area contributed by atoms with E-state index in [9.17, 15) is 9.59 Å². The standard InChI is InChI=1S/C13H12N4O2/c1-17-10-3-2-7(4-8(10)5-12(17)19)9-6-11(18)16-13(14)15-9/h2-4,6H,5H2,1H3,(H3,14,15,16,18). The van der Waals surface area contributed by atoms with E-state index in [0.717, 1.165) is 16.8 Å². The summed E-state index contributed by atoms with van der Waals surface area (Å²) >= 11 is 0. The zero-order chi connectivity index (χ0) is 13.6. The minimum absolute atomic E-state index is 0.0607. The van der Waals surface area contributed by atoms with E-state index in [1.54, 1.807) is 11.9 Å². The number of aromatic nitrogens is 2. The normalized spacial score (nSPS) is 13.7. The van der Waals surface area contributed by atoms with Crippen LogP contribution in [0, 0.1) is 0 Å². The number of fused-ring (bicyclic) bond motifs is 1. The van der Waals surface area contributed by atoms with Gasteiger partial charge in [-0.15, -0.1) is 0 Å². The highest BCUT2D eigenvalue weighted by Crippen LogP contribution is 2.31. The lowest BCUT2D eigenvalue weighted by molar-refractivity contribution is -0.117. The Morgan fingerprint density at radius 1 is 1.32 bits per heavy atom. The Bertz CT molecular complexity index is 736. The first-order chi connectivity index (χ1) is 9.04. The van der Waals surface area contributed by atoms with Crippen molar-refractivity contribution in [2.75, 3.05) is 17.7 Å². The molecule has 0 atom stereocenters. The Labute approximate surface area is 108 Å². The molecular formula is C13H12N4O2. The Hall–Kier alpha value is -2.63. The van der Waals surface area contributed by atoms with E-state index in [4.69, 9.17) is 5.73 Å². The summed E-state index contributed by atoms with van der Waals surface area (Å²) in [7, 11) is 1.75. The molecule has 1 aliphatic rings. The highest BCUT2D eigenvalue weighted by Gasteiger charge is 2.24. The molecule has 0 radical (unpaired) electrons. The number of anilines is 2. The van der Waals surface area contributed by atoms with Crippen LogP contribution >= 0.6 is 0 Å². The third-order valence-electron chi connectivity index (χ3n) is 3.21. The van der Waals surface area contributed by atoms with Gasteiger partial charge in [-0.25, -0.2) is 4.98 Å². The van der Waals surface area contributed by atoms with Crippen LogP contribution in [0.3, 0.4) is 0 Å². The number of H-pyrrole nitrogens is 1. The summed E-state index contributed by atoms with van der Waals surface area (Å²) < 4.78 is 0. The van der Waals surface area contributed by atoms with Crippen molar-refractivity contribution < 1.29 is 4.79 Å². The summed E-state index contributed by atoms with van der Waals surface area (Å²) in [6.45, 7) is 0. The minimum atomic E-state index is -0.295.